The molecule has 1 aromatic heterocycles. The number of nitriles is 1. The second-order valence-electron chi connectivity index (χ2n) is 9.07. The summed E-state index contributed by atoms with van der Waals surface area (Å²) in [7, 11) is 0. The van der Waals surface area contributed by atoms with Crippen LogP contribution in [0.25, 0.3) is 0 Å². The lowest BCUT2D eigenvalue weighted by Crippen LogP contribution is -2.60. The number of rotatable bonds is 4. The zero-order valence-electron chi connectivity index (χ0n) is 17.7. The lowest BCUT2D eigenvalue weighted by molar-refractivity contribution is 0.0424. The molecule has 1 aromatic carbocycles. The molecule has 7 nitrogen and oxygen atoms in total. The SMILES string of the molecule is Cc1c([C@@H](O)CN2CCC3(CC2)CN(c2ccc(C#N)cn2)C3)ccc2c1COC2=O. The number of cyclic esters (lactones) is 1. The average molecular weight is 418 g/mol. The molecule has 0 unspecified atom stereocenters. The first-order valence-corrected chi connectivity index (χ1v) is 10.8. The van der Waals surface area contributed by atoms with E-state index in [-0.39, 0.29) is 5.97 Å². The maximum Gasteiger partial charge on any atom is 0.338 e. The minimum atomic E-state index is -0.573. The summed E-state index contributed by atoms with van der Waals surface area (Å²) < 4.78 is 5.13. The van der Waals surface area contributed by atoms with E-state index >= 15 is 0 Å². The van der Waals surface area contributed by atoms with Crippen LogP contribution in [0.5, 0.6) is 0 Å². The van der Waals surface area contributed by atoms with E-state index in [1.54, 1.807) is 12.3 Å². The van der Waals surface area contributed by atoms with Gasteiger partial charge in [-0.1, -0.05) is 6.07 Å². The summed E-state index contributed by atoms with van der Waals surface area (Å²) in [4.78, 5) is 20.8. The van der Waals surface area contributed by atoms with Crippen LogP contribution >= 0.6 is 0 Å². The van der Waals surface area contributed by atoms with Crippen molar-refractivity contribution in [3.8, 4) is 6.07 Å². The average Bonchev–Trinajstić information content (AvgIpc) is 3.15. The van der Waals surface area contributed by atoms with Crippen LogP contribution in [0.1, 0.15) is 51.6 Å². The summed E-state index contributed by atoms with van der Waals surface area (Å²) in [6, 6.07) is 9.50. The molecule has 1 atom stereocenters. The number of fused-ring (bicyclic) bond motifs is 1. The molecule has 2 aromatic rings. The van der Waals surface area contributed by atoms with E-state index in [4.69, 9.17) is 10.00 Å². The molecule has 0 aliphatic carbocycles. The van der Waals surface area contributed by atoms with Crippen LogP contribution < -0.4 is 4.90 Å². The Hall–Kier alpha value is -2.95. The van der Waals surface area contributed by atoms with E-state index in [0.29, 0.717) is 29.7 Å². The number of ether oxygens (including phenoxy) is 1. The zero-order valence-corrected chi connectivity index (χ0v) is 17.7. The van der Waals surface area contributed by atoms with E-state index in [2.05, 4.69) is 20.9 Å². The van der Waals surface area contributed by atoms with Gasteiger partial charge < -0.3 is 19.6 Å². The first-order valence-electron chi connectivity index (χ1n) is 10.8. The molecule has 2 saturated heterocycles. The first kappa shape index (κ1) is 20.0. The molecule has 3 aliphatic rings. The van der Waals surface area contributed by atoms with Crippen molar-refractivity contribution >= 4 is 11.8 Å². The van der Waals surface area contributed by atoms with Crippen molar-refractivity contribution < 1.29 is 14.6 Å². The molecule has 7 heteroatoms. The highest BCUT2D eigenvalue weighted by Gasteiger charge is 2.45. The van der Waals surface area contributed by atoms with Gasteiger partial charge in [-0.05, 0) is 62.2 Å². The highest BCUT2D eigenvalue weighted by atomic mass is 16.5. The van der Waals surface area contributed by atoms with Crippen LogP contribution in [0.3, 0.4) is 0 Å². The highest BCUT2D eigenvalue weighted by molar-refractivity contribution is 5.93. The van der Waals surface area contributed by atoms with Gasteiger partial charge in [-0.25, -0.2) is 9.78 Å². The highest BCUT2D eigenvalue weighted by Crippen LogP contribution is 2.42. The second-order valence-corrected chi connectivity index (χ2v) is 9.07. The Bertz CT molecular complexity index is 1040. The summed E-state index contributed by atoms with van der Waals surface area (Å²) in [5.41, 5.74) is 4.30. The molecule has 0 bridgehead atoms. The van der Waals surface area contributed by atoms with E-state index in [9.17, 15) is 9.90 Å². The van der Waals surface area contributed by atoms with Crippen molar-refractivity contribution in [2.45, 2.75) is 32.5 Å². The zero-order chi connectivity index (χ0) is 21.6. The molecule has 0 radical (unpaired) electrons. The number of anilines is 1. The van der Waals surface area contributed by atoms with Gasteiger partial charge in [-0.2, -0.15) is 5.26 Å². The summed E-state index contributed by atoms with van der Waals surface area (Å²) in [5, 5.41) is 19.8. The molecule has 31 heavy (non-hydrogen) atoms. The number of carbonyl (C=O) groups is 1. The van der Waals surface area contributed by atoms with Crippen molar-refractivity contribution in [2.75, 3.05) is 37.6 Å². The fourth-order valence-electron chi connectivity index (χ4n) is 5.16. The number of aliphatic hydroxyl groups is 1. The lowest BCUT2D eigenvalue weighted by Gasteiger charge is -2.54. The van der Waals surface area contributed by atoms with Gasteiger partial charge in [0.05, 0.1) is 17.2 Å². The molecule has 1 spiro atoms. The molecule has 3 aliphatic heterocycles. The first-order chi connectivity index (χ1) is 15.0. The number of aliphatic hydroxyl groups excluding tert-OH is 1. The van der Waals surface area contributed by atoms with Gasteiger partial charge in [-0.3, -0.25) is 0 Å². The Morgan fingerprint density at radius 1 is 1.26 bits per heavy atom. The Morgan fingerprint density at radius 3 is 2.71 bits per heavy atom. The largest absolute Gasteiger partial charge is 0.457 e. The third-order valence-electron chi connectivity index (χ3n) is 7.17. The number of piperidine rings is 1. The number of nitrogens with zero attached hydrogens (tertiary/aromatic N) is 4. The predicted molar refractivity (Wildman–Crippen MR) is 115 cm³/mol. The van der Waals surface area contributed by atoms with Crippen molar-refractivity contribution in [2.24, 2.45) is 5.41 Å². The van der Waals surface area contributed by atoms with E-state index in [1.165, 1.54) is 0 Å². The van der Waals surface area contributed by atoms with Crippen molar-refractivity contribution in [3.05, 3.63) is 58.3 Å². The maximum atomic E-state index is 11.7. The van der Waals surface area contributed by atoms with Crippen molar-refractivity contribution in [1.82, 2.24) is 9.88 Å². The fraction of sp³-hybridized carbons (Fsp3) is 0.458. The number of carbonyl (C=O) groups excluding carboxylic acids is 1. The van der Waals surface area contributed by atoms with Crippen molar-refractivity contribution in [3.63, 3.8) is 0 Å². The molecule has 0 amide bonds. The fourth-order valence-corrected chi connectivity index (χ4v) is 5.16. The maximum absolute atomic E-state index is 11.7. The van der Waals surface area contributed by atoms with E-state index < -0.39 is 6.10 Å². The summed E-state index contributed by atoms with van der Waals surface area (Å²) >= 11 is 0. The van der Waals surface area contributed by atoms with Gasteiger partial charge in [0.2, 0.25) is 0 Å². The lowest BCUT2D eigenvalue weighted by atomic mass is 9.72. The number of β-amino-alcohol motifs (C(OH)–C–C–N with tert-alkyl or cyclic N) is 1. The van der Waals surface area contributed by atoms with Crippen LogP contribution in [0.2, 0.25) is 0 Å². The minimum absolute atomic E-state index is 0.272. The van der Waals surface area contributed by atoms with Crippen LogP contribution in [0.15, 0.2) is 30.5 Å². The standard InChI is InChI=1S/C24H26N4O3/c1-16-18(3-4-19-20(16)13-31-23(19)30)21(29)12-27-8-6-24(7-9-27)14-28(15-24)22-5-2-17(10-25)11-26-22/h2-5,11,21,29H,6-9,12-15H2,1H3/t21-/m0/s1. The number of aromatic nitrogens is 1. The predicted octanol–water partition coefficient (Wildman–Crippen LogP) is 2.57. The minimum Gasteiger partial charge on any atom is -0.457 e. The summed E-state index contributed by atoms with van der Waals surface area (Å²) in [6.07, 6.45) is 3.28. The van der Waals surface area contributed by atoms with Gasteiger partial charge in [0, 0.05) is 36.8 Å². The van der Waals surface area contributed by atoms with Gasteiger partial charge in [0.15, 0.2) is 0 Å². The van der Waals surface area contributed by atoms with Gasteiger partial charge in [0.1, 0.15) is 18.5 Å². The number of likely N-dealkylation sites (tertiary alicyclic amines) is 1. The summed E-state index contributed by atoms with van der Waals surface area (Å²) in [5.74, 6) is 0.670. The van der Waals surface area contributed by atoms with Gasteiger partial charge in [-0.15, -0.1) is 0 Å². The van der Waals surface area contributed by atoms with Gasteiger partial charge >= 0.3 is 5.97 Å². The third-order valence-corrected chi connectivity index (χ3v) is 7.17. The van der Waals surface area contributed by atoms with Gasteiger partial charge in [0.25, 0.3) is 0 Å². The second kappa shape index (κ2) is 7.63. The topological polar surface area (TPSA) is 89.7 Å². The Labute approximate surface area is 181 Å². The molecular formula is C24H26N4O3. The van der Waals surface area contributed by atoms with Crippen LogP contribution in [0, 0.1) is 23.7 Å². The molecular weight excluding hydrogens is 392 g/mol. The Kier molecular flexibility index (Phi) is 4.92. The number of esters is 1. The van der Waals surface area contributed by atoms with Crippen LogP contribution in [-0.4, -0.2) is 53.7 Å². The molecule has 160 valence electrons. The smallest absolute Gasteiger partial charge is 0.338 e. The quantitative estimate of drug-likeness (QED) is 0.763. The monoisotopic (exact) mass is 418 g/mol. The number of hydrogen-bond acceptors (Lipinski definition) is 7. The van der Waals surface area contributed by atoms with Crippen molar-refractivity contribution in [1.29, 1.82) is 5.26 Å². The van der Waals surface area contributed by atoms with E-state index in [0.717, 1.165) is 61.5 Å². The Morgan fingerprint density at radius 2 is 2.03 bits per heavy atom. The number of pyridine rings is 1. The third kappa shape index (κ3) is 3.56. The molecule has 2 fully saturated rings. The van der Waals surface area contributed by atoms with E-state index in [1.807, 2.05) is 25.1 Å². The number of benzene rings is 1. The Balaban J connectivity index is 1.16. The molecule has 4 heterocycles. The van der Waals surface area contributed by atoms with Crippen LogP contribution in [-0.2, 0) is 11.3 Å². The van der Waals surface area contributed by atoms with Crippen LogP contribution in [0.4, 0.5) is 5.82 Å². The molecule has 5 rings (SSSR count). The molecule has 1 N–H and O–H groups in total. The molecule has 0 saturated carbocycles. The summed E-state index contributed by atoms with van der Waals surface area (Å²) in [6.45, 7) is 6.81. The normalized spacial score (nSPS) is 20.7. The number of hydrogen-bond donors (Lipinski definition) is 1.